The molecule has 3 aliphatic heterocycles. The molecule has 0 aromatic rings. The monoisotopic (exact) mass is 280 g/mol. The van der Waals surface area contributed by atoms with Gasteiger partial charge in [0.2, 0.25) is 0 Å². The SMILES string of the molecule is CC1(C)O[C@H]2[C@@H](O1)[C@]1(CN=[N+]=[N-])CCC(O1)[C@@H]2N=[N+]=[N-]. The summed E-state index contributed by atoms with van der Waals surface area (Å²) >= 11 is 0. The van der Waals surface area contributed by atoms with E-state index in [2.05, 4.69) is 20.1 Å². The molecule has 0 N–H and O–H groups in total. The van der Waals surface area contributed by atoms with Gasteiger partial charge in [0.15, 0.2) is 5.79 Å². The van der Waals surface area contributed by atoms with Gasteiger partial charge >= 0.3 is 0 Å². The van der Waals surface area contributed by atoms with Crippen LogP contribution >= 0.6 is 0 Å². The minimum absolute atomic E-state index is 0.198. The Bertz CT molecular complexity index is 512. The second kappa shape index (κ2) is 4.51. The number of hydrogen-bond donors (Lipinski definition) is 0. The van der Waals surface area contributed by atoms with Gasteiger partial charge in [-0.15, -0.1) is 0 Å². The Hall–Kier alpha value is -1.50. The molecule has 0 amide bonds. The Morgan fingerprint density at radius 2 is 2.00 bits per heavy atom. The van der Waals surface area contributed by atoms with Crippen molar-refractivity contribution in [1.29, 1.82) is 0 Å². The summed E-state index contributed by atoms with van der Waals surface area (Å²) in [5.74, 6) is -0.768. The Morgan fingerprint density at radius 3 is 2.70 bits per heavy atom. The van der Waals surface area contributed by atoms with Crippen molar-refractivity contribution >= 4 is 0 Å². The molecular weight excluding hydrogens is 264 g/mol. The van der Waals surface area contributed by atoms with Gasteiger partial charge in [0.05, 0.1) is 18.7 Å². The first-order valence-electron chi connectivity index (χ1n) is 6.60. The number of fused-ring (bicyclic) bond motifs is 4. The number of nitrogens with zero attached hydrogens (tertiary/aromatic N) is 6. The highest BCUT2D eigenvalue weighted by Crippen LogP contribution is 2.50. The zero-order chi connectivity index (χ0) is 14.4. The van der Waals surface area contributed by atoms with Crippen LogP contribution in [-0.4, -0.2) is 42.3 Å². The largest absolute Gasteiger partial charge is 0.368 e. The van der Waals surface area contributed by atoms with Crippen molar-refractivity contribution in [3.63, 3.8) is 0 Å². The highest BCUT2D eigenvalue weighted by atomic mass is 16.8. The molecule has 3 fully saturated rings. The van der Waals surface area contributed by atoms with E-state index in [1.54, 1.807) is 0 Å². The van der Waals surface area contributed by atoms with Gasteiger partial charge in [-0.05, 0) is 37.8 Å². The normalized spacial score (nSPS) is 44.3. The summed E-state index contributed by atoms with van der Waals surface area (Å²) in [5, 5.41) is 7.49. The third-order valence-corrected chi connectivity index (χ3v) is 4.19. The molecule has 3 saturated heterocycles. The van der Waals surface area contributed by atoms with Crippen LogP contribution in [0.25, 0.3) is 20.9 Å². The quantitative estimate of drug-likeness (QED) is 0.447. The number of ether oxygens (including phenoxy) is 3. The molecule has 9 heteroatoms. The summed E-state index contributed by atoms with van der Waals surface area (Å²) in [6, 6.07) is -0.409. The van der Waals surface area contributed by atoms with E-state index in [1.807, 2.05) is 13.8 Å². The minimum Gasteiger partial charge on any atom is -0.368 e. The molecule has 5 atom stereocenters. The molecule has 108 valence electrons. The van der Waals surface area contributed by atoms with Gasteiger partial charge in [-0.1, -0.05) is 10.2 Å². The molecule has 9 nitrogen and oxygen atoms in total. The second-order valence-electron chi connectivity index (χ2n) is 5.86. The van der Waals surface area contributed by atoms with Gasteiger partial charge < -0.3 is 14.2 Å². The Morgan fingerprint density at radius 1 is 1.20 bits per heavy atom. The number of hydrogen-bond acceptors (Lipinski definition) is 5. The van der Waals surface area contributed by atoms with E-state index in [0.717, 1.165) is 6.42 Å². The average Bonchev–Trinajstić information content (AvgIpc) is 2.93. The molecule has 0 radical (unpaired) electrons. The molecule has 0 spiro atoms. The van der Waals surface area contributed by atoms with Crippen LogP contribution in [-0.2, 0) is 14.2 Å². The predicted octanol–water partition coefficient (Wildman–Crippen LogP) is 2.43. The van der Waals surface area contributed by atoms with Crippen LogP contribution < -0.4 is 0 Å². The van der Waals surface area contributed by atoms with Crippen LogP contribution in [0.1, 0.15) is 26.7 Å². The number of rotatable bonds is 3. The summed E-state index contributed by atoms with van der Waals surface area (Å²) in [4.78, 5) is 5.71. The van der Waals surface area contributed by atoms with Crippen molar-refractivity contribution in [2.24, 2.45) is 10.2 Å². The maximum atomic E-state index is 8.74. The van der Waals surface area contributed by atoms with E-state index < -0.39 is 23.5 Å². The highest BCUT2D eigenvalue weighted by Gasteiger charge is 2.64. The molecule has 0 aliphatic carbocycles. The molecule has 2 bridgehead atoms. The summed E-state index contributed by atoms with van der Waals surface area (Å²) < 4.78 is 17.9. The minimum atomic E-state index is -0.768. The molecular formula is C11H16N6O3. The zero-order valence-electron chi connectivity index (χ0n) is 11.3. The summed E-state index contributed by atoms with van der Waals surface area (Å²) in [7, 11) is 0. The third-order valence-electron chi connectivity index (χ3n) is 4.19. The second-order valence-corrected chi connectivity index (χ2v) is 5.86. The average molecular weight is 280 g/mol. The zero-order valence-corrected chi connectivity index (χ0v) is 11.3. The smallest absolute Gasteiger partial charge is 0.163 e. The lowest BCUT2D eigenvalue weighted by Crippen LogP contribution is -2.59. The van der Waals surface area contributed by atoms with E-state index in [4.69, 9.17) is 25.3 Å². The van der Waals surface area contributed by atoms with Crippen LogP contribution in [0.4, 0.5) is 0 Å². The fourth-order valence-electron chi connectivity index (χ4n) is 3.47. The fraction of sp³-hybridized carbons (Fsp3) is 1.00. The standard InChI is InChI=1S/C11H16N6O3/c1-10(2)19-8-7(15-17-13)6-3-4-11(18-6,5-14-16-12)9(8)20-10/h6-9H,3-5H2,1-2H3/t6?,7-,8+,9+,11+/m0/s1. The van der Waals surface area contributed by atoms with Gasteiger partial charge in [0.25, 0.3) is 0 Å². The number of azide groups is 2. The van der Waals surface area contributed by atoms with Crippen molar-refractivity contribution in [2.75, 3.05) is 6.54 Å². The Labute approximate surface area is 115 Å². The Kier molecular flexibility index (Phi) is 3.04. The van der Waals surface area contributed by atoms with Crippen LogP contribution in [0.5, 0.6) is 0 Å². The highest BCUT2D eigenvalue weighted by molar-refractivity contribution is 5.13. The first kappa shape index (κ1) is 13.5. The van der Waals surface area contributed by atoms with Gasteiger partial charge in [-0.25, -0.2) is 0 Å². The molecule has 3 heterocycles. The van der Waals surface area contributed by atoms with Crippen LogP contribution in [0.15, 0.2) is 10.2 Å². The predicted molar refractivity (Wildman–Crippen MR) is 67.6 cm³/mol. The lowest BCUT2D eigenvalue weighted by atomic mass is 9.88. The molecule has 0 aromatic carbocycles. The van der Waals surface area contributed by atoms with Crippen molar-refractivity contribution in [3.05, 3.63) is 20.9 Å². The summed E-state index contributed by atoms with van der Waals surface area (Å²) in [6.07, 6.45) is 0.478. The van der Waals surface area contributed by atoms with Crippen molar-refractivity contribution in [2.45, 2.75) is 62.4 Å². The van der Waals surface area contributed by atoms with Gasteiger partial charge in [-0.2, -0.15) is 0 Å². The van der Waals surface area contributed by atoms with E-state index in [-0.39, 0.29) is 18.8 Å². The first-order valence-corrected chi connectivity index (χ1v) is 6.60. The van der Waals surface area contributed by atoms with E-state index in [0.29, 0.717) is 6.42 Å². The fourth-order valence-corrected chi connectivity index (χ4v) is 3.47. The van der Waals surface area contributed by atoms with Crippen molar-refractivity contribution in [1.82, 2.24) is 0 Å². The van der Waals surface area contributed by atoms with Crippen LogP contribution in [0, 0.1) is 0 Å². The summed E-state index contributed by atoms with van der Waals surface area (Å²) in [5.41, 5.74) is 16.6. The molecule has 20 heavy (non-hydrogen) atoms. The third kappa shape index (κ3) is 1.91. The van der Waals surface area contributed by atoms with Crippen molar-refractivity contribution in [3.8, 4) is 0 Å². The van der Waals surface area contributed by atoms with E-state index in [1.165, 1.54) is 0 Å². The van der Waals surface area contributed by atoms with E-state index in [9.17, 15) is 0 Å². The molecule has 3 aliphatic rings. The maximum Gasteiger partial charge on any atom is 0.163 e. The molecule has 0 aromatic heterocycles. The van der Waals surface area contributed by atoms with E-state index >= 15 is 0 Å². The first-order chi connectivity index (χ1) is 9.51. The van der Waals surface area contributed by atoms with Crippen LogP contribution in [0.3, 0.4) is 0 Å². The maximum absolute atomic E-state index is 8.74. The molecule has 0 saturated carbocycles. The van der Waals surface area contributed by atoms with Crippen molar-refractivity contribution < 1.29 is 14.2 Å². The molecule has 1 unspecified atom stereocenters. The van der Waals surface area contributed by atoms with Gasteiger partial charge in [-0.3, -0.25) is 0 Å². The topological polar surface area (TPSA) is 125 Å². The van der Waals surface area contributed by atoms with Crippen LogP contribution in [0.2, 0.25) is 0 Å². The lowest BCUT2D eigenvalue weighted by molar-refractivity contribution is -0.179. The van der Waals surface area contributed by atoms with Gasteiger partial charge in [0.1, 0.15) is 17.8 Å². The summed E-state index contributed by atoms with van der Waals surface area (Å²) in [6.45, 7) is 3.82. The Balaban J connectivity index is 1.97. The lowest BCUT2D eigenvalue weighted by Gasteiger charge is -2.42. The molecule has 3 rings (SSSR count). The van der Waals surface area contributed by atoms with Gasteiger partial charge in [0, 0.05) is 9.82 Å².